The van der Waals surface area contributed by atoms with Gasteiger partial charge in [0.25, 0.3) is 0 Å². The van der Waals surface area contributed by atoms with Crippen molar-refractivity contribution < 1.29 is 63.3 Å². The molecule has 0 saturated heterocycles. The first-order chi connectivity index (χ1) is 33.5. The van der Waals surface area contributed by atoms with Crippen LogP contribution < -0.4 is 14.2 Å². The molecule has 0 radical (unpaired) electrons. The molecule has 15 nitrogen and oxygen atoms in total. The zero-order chi connectivity index (χ0) is 48.8. The highest BCUT2D eigenvalue weighted by Crippen LogP contribution is 2.40. The summed E-state index contributed by atoms with van der Waals surface area (Å²) in [5, 5.41) is 39.2. The van der Waals surface area contributed by atoms with Crippen LogP contribution >= 0.6 is 0 Å². The molecule has 0 aliphatic heterocycles. The fraction of sp³-hybridized carbons (Fsp3) is 0.0741. The van der Waals surface area contributed by atoms with E-state index in [2.05, 4.69) is 9.97 Å². The van der Waals surface area contributed by atoms with Gasteiger partial charge < -0.3 is 44.1 Å². The van der Waals surface area contributed by atoms with Crippen molar-refractivity contribution in [2.45, 2.75) is 26.4 Å². The Labute approximate surface area is 396 Å². The van der Waals surface area contributed by atoms with E-state index in [9.17, 15) is 34.5 Å². The summed E-state index contributed by atoms with van der Waals surface area (Å²) in [4.78, 5) is 55.1. The Hall–Kier alpha value is -9.50. The number of pyridine rings is 2. The number of phenols is 3. The first-order valence-electron chi connectivity index (χ1n) is 21.0. The summed E-state index contributed by atoms with van der Waals surface area (Å²) in [5.41, 5.74) is 3.86. The van der Waals surface area contributed by atoms with Gasteiger partial charge in [-0.15, -0.1) is 0 Å². The van der Waals surface area contributed by atoms with Crippen LogP contribution in [0, 0.1) is 0 Å². The van der Waals surface area contributed by atoms with E-state index in [1.165, 1.54) is 61.2 Å². The largest absolute Gasteiger partial charge is 0.504 e. The van der Waals surface area contributed by atoms with Crippen molar-refractivity contribution in [3.8, 4) is 34.5 Å². The van der Waals surface area contributed by atoms with Crippen molar-refractivity contribution in [1.82, 2.24) is 9.97 Å². The fourth-order valence-electron chi connectivity index (χ4n) is 5.99. The third-order valence-electron chi connectivity index (χ3n) is 9.44. The van der Waals surface area contributed by atoms with E-state index in [1.54, 1.807) is 12.1 Å². The molecule has 0 aliphatic carbocycles. The van der Waals surface area contributed by atoms with Gasteiger partial charge in [-0.25, -0.2) is 19.2 Å². The maximum atomic E-state index is 12.6. The van der Waals surface area contributed by atoms with Crippen LogP contribution in [0.2, 0.25) is 0 Å². The first-order valence-corrected chi connectivity index (χ1v) is 21.0. The minimum Gasteiger partial charge on any atom is -0.504 e. The second-order valence-electron chi connectivity index (χ2n) is 14.5. The van der Waals surface area contributed by atoms with Crippen LogP contribution in [0.1, 0.15) is 63.7 Å². The van der Waals surface area contributed by atoms with Crippen molar-refractivity contribution >= 4 is 23.9 Å². The van der Waals surface area contributed by atoms with E-state index in [1.807, 2.05) is 121 Å². The Balaban J connectivity index is 0.000000196. The van der Waals surface area contributed by atoms with Crippen molar-refractivity contribution in [3.05, 3.63) is 239 Å². The number of carboxylic acid groups (broad SMARTS) is 1. The zero-order valence-corrected chi connectivity index (χ0v) is 36.7. The van der Waals surface area contributed by atoms with Gasteiger partial charge in [-0.05, 0) is 70.8 Å². The van der Waals surface area contributed by atoms with Gasteiger partial charge in [-0.2, -0.15) is 0 Å². The van der Waals surface area contributed by atoms with Gasteiger partial charge in [0.15, 0.2) is 23.0 Å². The number of rotatable bonds is 15. The Bertz CT molecular complexity index is 2890. The molecule has 4 N–H and O–H groups in total. The smallest absolute Gasteiger partial charge is 0.345 e. The molecule has 0 spiro atoms. The zero-order valence-electron chi connectivity index (χ0n) is 36.7. The molecule has 69 heavy (non-hydrogen) atoms. The topological polar surface area (TPSA) is 221 Å². The average Bonchev–Trinajstić information content (AvgIpc) is 3.38. The summed E-state index contributed by atoms with van der Waals surface area (Å²) in [7, 11) is 0. The SMILES string of the molecule is O=C(O)c1cccnc1.O=C(OCc1ccccc1)c1cc(O)c(OCc2ccccc2)c(O)c1.O=C(OCc1ccccc1)c1cc(O)c(OCc2ccccc2)c(OC(=O)c2cccnc2)c1. The lowest BCUT2D eigenvalue weighted by atomic mass is 10.1. The number of hydrogen-bond acceptors (Lipinski definition) is 14. The van der Waals surface area contributed by atoms with E-state index in [-0.39, 0.29) is 83.2 Å². The molecule has 0 saturated carbocycles. The standard InChI is InChI=1S/C27H21NO6.C21H18O5.C6H5NO2/c29-23-14-22(26(30)33-18-20-10-5-2-6-11-20)15-24(34-27(31)21-12-7-13-28-16-21)25(23)32-17-19-8-3-1-4-9-19;22-18-11-17(21(24)26-14-16-9-5-2-6-10-16)12-19(23)20(18)25-13-15-7-3-1-4-8-15;8-6(9)5-2-1-3-7-4-5/h1-16,29H,17-18H2;1-12,22-23H,13-14H2;1-4H,(H,8,9). The Morgan fingerprint density at radius 2 is 0.783 bits per heavy atom. The Morgan fingerprint density at radius 3 is 1.17 bits per heavy atom. The number of carbonyl (C=O) groups is 4. The fourth-order valence-corrected chi connectivity index (χ4v) is 5.99. The van der Waals surface area contributed by atoms with Crippen molar-refractivity contribution in [2.24, 2.45) is 0 Å². The molecule has 348 valence electrons. The van der Waals surface area contributed by atoms with E-state index in [0.29, 0.717) is 0 Å². The van der Waals surface area contributed by atoms with Gasteiger partial charge in [0.1, 0.15) is 26.4 Å². The molecule has 0 bridgehead atoms. The van der Waals surface area contributed by atoms with Gasteiger partial charge in [0, 0.05) is 24.8 Å². The number of phenolic OH excluding ortho intramolecular Hbond substituents is 3. The molecule has 2 heterocycles. The van der Waals surface area contributed by atoms with E-state index >= 15 is 0 Å². The highest BCUT2D eigenvalue weighted by atomic mass is 16.6. The minimum absolute atomic E-state index is 0.00878. The molecule has 0 atom stereocenters. The van der Waals surface area contributed by atoms with Crippen LogP contribution in [0.4, 0.5) is 0 Å². The maximum absolute atomic E-state index is 12.6. The summed E-state index contributed by atoms with van der Waals surface area (Å²) in [5.74, 6) is -4.26. The quantitative estimate of drug-likeness (QED) is 0.0555. The second kappa shape index (κ2) is 25.3. The van der Waals surface area contributed by atoms with Crippen LogP contribution in [0.25, 0.3) is 0 Å². The average molecular weight is 929 g/mol. The molecular formula is C54H44N2O13. The van der Waals surface area contributed by atoms with Crippen LogP contribution in [0.3, 0.4) is 0 Å². The van der Waals surface area contributed by atoms with Crippen LogP contribution in [-0.2, 0) is 35.9 Å². The van der Waals surface area contributed by atoms with Gasteiger partial charge in [-0.3, -0.25) is 9.97 Å². The monoisotopic (exact) mass is 928 g/mol. The second-order valence-corrected chi connectivity index (χ2v) is 14.5. The first kappa shape index (κ1) is 48.9. The number of carboxylic acids is 1. The molecule has 0 unspecified atom stereocenters. The predicted octanol–water partition coefficient (Wildman–Crippen LogP) is 9.76. The van der Waals surface area contributed by atoms with Gasteiger partial charge >= 0.3 is 23.9 Å². The minimum atomic E-state index is -0.942. The summed E-state index contributed by atoms with van der Waals surface area (Å²) < 4.78 is 27.2. The lowest BCUT2D eigenvalue weighted by molar-refractivity contribution is 0.0463. The number of benzene rings is 6. The number of aromatic nitrogens is 2. The molecule has 6 aromatic carbocycles. The third-order valence-corrected chi connectivity index (χ3v) is 9.44. The van der Waals surface area contributed by atoms with E-state index in [0.717, 1.165) is 22.3 Å². The highest BCUT2D eigenvalue weighted by Gasteiger charge is 2.22. The van der Waals surface area contributed by atoms with Gasteiger partial charge in [0.05, 0.1) is 22.3 Å². The van der Waals surface area contributed by atoms with Crippen molar-refractivity contribution in [1.29, 1.82) is 0 Å². The molecule has 8 rings (SSSR count). The van der Waals surface area contributed by atoms with Gasteiger partial charge in [0.2, 0.25) is 11.5 Å². The predicted molar refractivity (Wildman–Crippen MR) is 251 cm³/mol. The molecule has 0 fully saturated rings. The van der Waals surface area contributed by atoms with Crippen molar-refractivity contribution in [3.63, 3.8) is 0 Å². The lowest BCUT2D eigenvalue weighted by Gasteiger charge is -2.15. The number of carbonyl (C=O) groups excluding carboxylic acids is 3. The molecule has 8 aromatic rings. The maximum Gasteiger partial charge on any atom is 0.345 e. The van der Waals surface area contributed by atoms with Crippen LogP contribution in [-0.4, -0.2) is 54.3 Å². The number of aromatic carboxylic acids is 1. The Morgan fingerprint density at radius 1 is 0.406 bits per heavy atom. The molecular weight excluding hydrogens is 885 g/mol. The van der Waals surface area contributed by atoms with Crippen LogP contribution in [0.5, 0.6) is 34.5 Å². The van der Waals surface area contributed by atoms with Crippen molar-refractivity contribution in [2.75, 3.05) is 0 Å². The molecule has 15 heteroatoms. The summed E-state index contributed by atoms with van der Waals surface area (Å²) >= 11 is 0. The summed E-state index contributed by atoms with van der Waals surface area (Å²) in [6.45, 7) is 0.453. The molecule has 0 aliphatic rings. The highest BCUT2D eigenvalue weighted by molar-refractivity contribution is 5.94. The third kappa shape index (κ3) is 15.3. The summed E-state index contributed by atoms with van der Waals surface area (Å²) in [6.07, 6.45) is 5.72. The van der Waals surface area contributed by atoms with E-state index < -0.39 is 23.9 Å². The number of esters is 3. The molecule has 2 aromatic heterocycles. The Kier molecular flexibility index (Phi) is 17.9. The number of ether oxygens (including phenoxy) is 5. The summed E-state index contributed by atoms with van der Waals surface area (Å²) in [6, 6.07) is 48.2. The van der Waals surface area contributed by atoms with E-state index in [4.69, 9.17) is 28.8 Å². The number of aromatic hydroxyl groups is 3. The normalized spacial score (nSPS) is 10.1. The van der Waals surface area contributed by atoms with Crippen LogP contribution in [0.15, 0.2) is 195 Å². The molecule has 0 amide bonds. The van der Waals surface area contributed by atoms with Gasteiger partial charge in [-0.1, -0.05) is 121 Å². The number of hydrogen-bond donors (Lipinski definition) is 4. The number of nitrogens with zero attached hydrogens (tertiary/aromatic N) is 2. The lowest BCUT2D eigenvalue weighted by Crippen LogP contribution is -2.12.